The van der Waals surface area contributed by atoms with Crippen LogP contribution in [0.2, 0.25) is 0 Å². The number of piperidine rings is 1. The maximum Gasteiger partial charge on any atom is 0.268 e. The molecule has 30 heavy (non-hydrogen) atoms. The number of benzene rings is 2. The number of rotatable bonds is 5. The molecule has 1 aliphatic rings. The van der Waals surface area contributed by atoms with Gasteiger partial charge in [-0.2, -0.15) is 0 Å². The van der Waals surface area contributed by atoms with E-state index in [-0.39, 0.29) is 0 Å². The molecule has 0 radical (unpaired) electrons. The topological polar surface area (TPSA) is 45.6 Å². The Bertz CT molecular complexity index is 1120. The number of nitrogens with zero attached hydrogens (tertiary/aromatic N) is 3. The van der Waals surface area contributed by atoms with Crippen LogP contribution in [0.25, 0.3) is 10.9 Å². The fraction of sp³-hybridized carbons (Fsp3) is 0.417. The number of anilines is 1. The van der Waals surface area contributed by atoms with Crippen LogP contribution in [0, 0.1) is 6.92 Å². The van der Waals surface area contributed by atoms with Crippen molar-refractivity contribution in [2.24, 2.45) is 0 Å². The summed E-state index contributed by atoms with van der Waals surface area (Å²) >= 11 is 0. The lowest BCUT2D eigenvalue weighted by atomic mass is 10.00. The van der Waals surface area contributed by atoms with Gasteiger partial charge in [-0.05, 0) is 84.1 Å². The molecule has 1 fully saturated rings. The van der Waals surface area contributed by atoms with E-state index in [0.717, 1.165) is 48.1 Å². The molecule has 3 aromatic rings. The molecule has 0 atom stereocenters. The van der Waals surface area contributed by atoms with Gasteiger partial charge in [-0.15, -0.1) is 0 Å². The zero-order valence-electron chi connectivity index (χ0n) is 18.2. The fourth-order valence-corrected chi connectivity index (χ4v) is 5.90. The average Bonchev–Trinajstić information content (AvgIpc) is 3.15. The monoisotopic (exact) mass is 425 g/mol. The molecule has 1 saturated heterocycles. The molecule has 1 aliphatic heterocycles. The van der Waals surface area contributed by atoms with Crippen LogP contribution in [0.4, 0.5) is 5.69 Å². The van der Waals surface area contributed by atoms with Crippen LogP contribution in [0.15, 0.2) is 59.6 Å². The van der Waals surface area contributed by atoms with Crippen LogP contribution >= 0.6 is 0 Å². The number of aromatic nitrogens is 1. The van der Waals surface area contributed by atoms with Crippen molar-refractivity contribution in [3.63, 3.8) is 0 Å². The Labute approximate surface area is 180 Å². The minimum Gasteiger partial charge on any atom is -0.365 e. The Kier molecular flexibility index (Phi) is 5.64. The van der Waals surface area contributed by atoms with Gasteiger partial charge in [-0.3, -0.25) is 0 Å². The standard InChI is InChI=1S/C24H31N3O2S/c1-18(2)27(20-12-15-25(4)16-13-20)24-7-5-6-23-22(24)14-17-26(23)30(28,29)21-10-8-19(3)9-11-21/h5-11,14,17-18,20H,12-13,15-16H2,1-4H3. The minimum atomic E-state index is -3.64. The second-order valence-electron chi connectivity index (χ2n) is 8.68. The molecule has 0 unspecified atom stereocenters. The summed E-state index contributed by atoms with van der Waals surface area (Å²) in [6.45, 7) is 8.57. The molecule has 0 N–H and O–H groups in total. The van der Waals surface area contributed by atoms with Crippen molar-refractivity contribution in [3.05, 3.63) is 60.3 Å². The summed E-state index contributed by atoms with van der Waals surface area (Å²) in [7, 11) is -1.47. The zero-order chi connectivity index (χ0) is 21.5. The first-order valence-corrected chi connectivity index (χ1v) is 12.1. The lowest BCUT2D eigenvalue weighted by Gasteiger charge is -2.41. The largest absolute Gasteiger partial charge is 0.365 e. The highest BCUT2D eigenvalue weighted by Gasteiger charge is 2.28. The van der Waals surface area contributed by atoms with Gasteiger partial charge in [0.15, 0.2) is 0 Å². The molecule has 0 bridgehead atoms. The first kappa shape index (κ1) is 20.9. The molecule has 5 nitrogen and oxygen atoms in total. The van der Waals surface area contributed by atoms with Crippen LogP contribution < -0.4 is 4.90 Å². The predicted octanol–water partition coefficient (Wildman–Crippen LogP) is 4.50. The van der Waals surface area contributed by atoms with Crippen molar-refractivity contribution >= 4 is 26.6 Å². The van der Waals surface area contributed by atoms with E-state index >= 15 is 0 Å². The van der Waals surface area contributed by atoms with E-state index in [1.807, 2.05) is 37.3 Å². The van der Waals surface area contributed by atoms with Gasteiger partial charge in [0.05, 0.1) is 10.4 Å². The fourth-order valence-electron chi connectivity index (χ4n) is 4.55. The highest BCUT2D eigenvalue weighted by Crippen LogP contribution is 2.34. The Balaban J connectivity index is 1.79. The second-order valence-corrected chi connectivity index (χ2v) is 10.5. The number of fused-ring (bicyclic) bond motifs is 1. The molecule has 1 aromatic heterocycles. The Morgan fingerprint density at radius 3 is 2.30 bits per heavy atom. The Morgan fingerprint density at radius 2 is 1.67 bits per heavy atom. The average molecular weight is 426 g/mol. The first-order chi connectivity index (χ1) is 14.3. The van der Waals surface area contributed by atoms with Crippen LogP contribution in [0.5, 0.6) is 0 Å². The molecular formula is C24H31N3O2S. The first-order valence-electron chi connectivity index (χ1n) is 10.7. The maximum atomic E-state index is 13.3. The highest BCUT2D eigenvalue weighted by molar-refractivity contribution is 7.90. The van der Waals surface area contributed by atoms with E-state index in [1.165, 1.54) is 3.97 Å². The molecule has 4 rings (SSSR count). The third-order valence-corrected chi connectivity index (χ3v) is 7.87. The van der Waals surface area contributed by atoms with E-state index in [1.54, 1.807) is 18.3 Å². The summed E-state index contributed by atoms with van der Waals surface area (Å²) in [5.41, 5.74) is 2.89. The van der Waals surface area contributed by atoms with Gasteiger partial charge in [0.1, 0.15) is 0 Å². The van der Waals surface area contributed by atoms with Crippen molar-refractivity contribution in [2.75, 3.05) is 25.0 Å². The van der Waals surface area contributed by atoms with Crippen molar-refractivity contribution < 1.29 is 8.42 Å². The van der Waals surface area contributed by atoms with Gasteiger partial charge in [0.2, 0.25) is 0 Å². The lowest BCUT2D eigenvalue weighted by Crippen LogP contribution is -2.47. The highest BCUT2D eigenvalue weighted by atomic mass is 32.2. The molecule has 0 amide bonds. The lowest BCUT2D eigenvalue weighted by molar-refractivity contribution is 0.246. The molecule has 6 heteroatoms. The molecule has 160 valence electrons. The molecule has 2 heterocycles. The number of aryl methyl sites for hydroxylation is 1. The quantitative estimate of drug-likeness (QED) is 0.604. The SMILES string of the molecule is Cc1ccc(S(=O)(=O)n2ccc3c(N(C(C)C)C4CCN(C)CC4)cccc32)cc1. The van der Waals surface area contributed by atoms with Crippen LogP contribution in [-0.2, 0) is 10.0 Å². The van der Waals surface area contributed by atoms with Crippen LogP contribution in [0.3, 0.4) is 0 Å². The molecule has 0 spiro atoms. The molecule has 0 aliphatic carbocycles. The minimum absolute atomic E-state index is 0.312. The normalized spacial score (nSPS) is 16.4. The van der Waals surface area contributed by atoms with E-state index < -0.39 is 10.0 Å². The Hall–Kier alpha value is -2.31. The second kappa shape index (κ2) is 8.08. The van der Waals surface area contributed by atoms with Crippen molar-refractivity contribution in [1.82, 2.24) is 8.87 Å². The zero-order valence-corrected chi connectivity index (χ0v) is 19.1. The summed E-state index contributed by atoms with van der Waals surface area (Å²) in [5.74, 6) is 0. The van der Waals surface area contributed by atoms with Crippen molar-refractivity contribution in [1.29, 1.82) is 0 Å². The van der Waals surface area contributed by atoms with Crippen molar-refractivity contribution in [2.45, 2.75) is 50.6 Å². The molecular weight excluding hydrogens is 394 g/mol. The van der Waals surface area contributed by atoms with E-state index in [4.69, 9.17) is 0 Å². The van der Waals surface area contributed by atoms with E-state index in [0.29, 0.717) is 17.0 Å². The molecule has 2 aromatic carbocycles. The number of hydrogen-bond acceptors (Lipinski definition) is 4. The number of hydrogen-bond donors (Lipinski definition) is 0. The molecule has 0 saturated carbocycles. The summed E-state index contributed by atoms with van der Waals surface area (Å²) < 4.78 is 28.1. The predicted molar refractivity (Wildman–Crippen MR) is 124 cm³/mol. The van der Waals surface area contributed by atoms with E-state index in [9.17, 15) is 8.42 Å². The summed E-state index contributed by atoms with van der Waals surface area (Å²) in [6, 6.07) is 15.8. The van der Waals surface area contributed by atoms with Gasteiger partial charge in [0.25, 0.3) is 10.0 Å². The Morgan fingerprint density at radius 1 is 1.00 bits per heavy atom. The third-order valence-electron chi connectivity index (χ3n) is 6.17. The van der Waals surface area contributed by atoms with Gasteiger partial charge in [0, 0.05) is 29.4 Å². The van der Waals surface area contributed by atoms with Gasteiger partial charge < -0.3 is 9.80 Å². The van der Waals surface area contributed by atoms with Crippen LogP contribution in [0.1, 0.15) is 32.3 Å². The van der Waals surface area contributed by atoms with Crippen molar-refractivity contribution in [3.8, 4) is 0 Å². The summed E-state index contributed by atoms with van der Waals surface area (Å²) in [5, 5.41) is 0.987. The van der Waals surface area contributed by atoms with Gasteiger partial charge >= 0.3 is 0 Å². The maximum absolute atomic E-state index is 13.3. The van der Waals surface area contributed by atoms with Gasteiger partial charge in [-0.25, -0.2) is 12.4 Å². The van der Waals surface area contributed by atoms with Gasteiger partial charge in [-0.1, -0.05) is 23.8 Å². The van der Waals surface area contributed by atoms with Crippen LogP contribution in [-0.4, -0.2) is 49.5 Å². The summed E-state index contributed by atoms with van der Waals surface area (Å²) in [6.07, 6.45) is 3.93. The third kappa shape index (κ3) is 3.74. The summed E-state index contributed by atoms with van der Waals surface area (Å²) in [4.78, 5) is 5.17. The number of likely N-dealkylation sites (tertiary alicyclic amines) is 1. The smallest absolute Gasteiger partial charge is 0.268 e. The van der Waals surface area contributed by atoms with E-state index in [2.05, 4.69) is 36.8 Å².